The zero-order chi connectivity index (χ0) is 54.3. The van der Waals surface area contributed by atoms with Crippen molar-refractivity contribution in [3.8, 4) is 57.0 Å². The summed E-state index contributed by atoms with van der Waals surface area (Å²) in [5, 5.41) is 11.8. The summed E-state index contributed by atoms with van der Waals surface area (Å²) in [7, 11) is 0. The van der Waals surface area contributed by atoms with Gasteiger partial charge in [0.25, 0.3) is 0 Å². The molecule has 18 aromatic rings. The second-order valence-corrected chi connectivity index (χ2v) is 22.4. The average Bonchev–Trinajstić information content (AvgIpc) is 2.28. The van der Waals surface area contributed by atoms with Gasteiger partial charge in [0, 0.05) is 87.3 Å². The summed E-state index contributed by atoms with van der Waals surface area (Å²) in [6.07, 6.45) is 1.97. The van der Waals surface area contributed by atoms with Crippen LogP contribution in [0.3, 0.4) is 0 Å². The molecule has 0 amide bonds. The maximum Gasteiger partial charge on any atom is 0.238 e. The van der Waals surface area contributed by atoms with Crippen molar-refractivity contribution in [1.29, 1.82) is 0 Å². The first-order valence-corrected chi connectivity index (χ1v) is 28.8. The van der Waals surface area contributed by atoms with E-state index in [4.69, 9.17) is 19.9 Å². The Morgan fingerprint density at radius 1 is 0.277 bits per heavy atom. The molecule has 0 aliphatic rings. The second-order valence-electron chi connectivity index (χ2n) is 21.4. The fourth-order valence-corrected chi connectivity index (χ4v) is 14.4. The van der Waals surface area contributed by atoms with E-state index < -0.39 is 0 Å². The summed E-state index contributed by atoms with van der Waals surface area (Å²) >= 11 is 1.81. The fourth-order valence-electron chi connectivity index (χ4n) is 13.3. The van der Waals surface area contributed by atoms with Gasteiger partial charge in [-0.1, -0.05) is 176 Å². The van der Waals surface area contributed by atoms with Crippen LogP contribution in [-0.2, 0) is 0 Å². The van der Waals surface area contributed by atoms with Crippen molar-refractivity contribution in [2.45, 2.75) is 0 Å². The van der Waals surface area contributed by atoms with Gasteiger partial charge in [-0.25, -0.2) is 9.97 Å². The minimum Gasteiger partial charge on any atom is -0.309 e. The number of para-hydroxylation sites is 6. The molecule has 7 heterocycles. The summed E-state index contributed by atoms with van der Waals surface area (Å²) in [6.45, 7) is 0. The van der Waals surface area contributed by atoms with Gasteiger partial charge in [0.1, 0.15) is 0 Å². The highest BCUT2D eigenvalue weighted by molar-refractivity contribution is 7.26. The number of aromatic nitrogens is 8. The Labute approximate surface area is 478 Å². The molecule has 0 atom stereocenters. The number of benzene rings is 11. The molecule has 0 bridgehead atoms. The van der Waals surface area contributed by atoms with E-state index in [0.717, 1.165) is 104 Å². The zero-order valence-corrected chi connectivity index (χ0v) is 45.2. The van der Waals surface area contributed by atoms with E-state index in [2.05, 4.69) is 261 Å². The number of thiophene rings is 1. The smallest absolute Gasteiger partial charge is 0.238 e. The Kier molecular flexibility index (Phi) is 9.80. The molecule has 0 N–H and O–H groups in total. The van der Waals surface area contributed by atoms with Crippen molar-refractivity contribution in [1.82, 2.24) is 38.2 Å². The Bertz CT molecular complexity index is 5650. The van der Waals surface area contributed by atoms with Gasteiger partial charge in [-0.2, -0.15) is 9.97 Å². The largest absolute Gasteiger partial charge is 0.309 e. The summed E-state index contributed by atoms with van der Waals surface area (Å²) in [4.78, 5) is 21.4. The average molecular weight is 1080 g/mol. The Morgan fingerprint density at radius 2 is 0.783 bits per heavy atom. The van der Waals surface area contributed by atoms with Gasteiger partial charge >= 0.3 is 0 Å². The van der Waals surface area contributed by atoms with Crippen LogP contribution in [0.4, 0.5) is 0 Å². The van der Waals surface area contributed by atoms with Gasteiger partial charge in [-0.05, 0) is 96.1 Å². The van der Waals surface area contributed by atoms with Gasteiger partial charge in [0.2, 0.25) is 5.95 Å². The third-order valence-corrected chi connectivity index (χ3v) is 18.0. The minimum atomic E-state index is 0.544. The maximum atomic E-state index is 5.50. The molecular weight excluding hydrogens is 1030 g/mol. The topological polar surface area (TPSA) is 71.3 Å². The molecule has 0 unspecified atom stereocenters. The molecule has 0 saturated heterocycles. The van der Waals surface area contributed by atoms with Crippen LogP contribution in [0.25, 0.3) is 164 Å². The number of pyridine rings is 1. The van der Waals surface area contributed by atoms with Gasteiger partial charge in [-0.15, -0.1) is 11.3 Å². The molecule has 0 aliphatic carbocycles. The summed E-state index contributed by atoms with van der Waals surface area (Å²) in [6, 6.07) is 93.4. The van der Waals surface area contributed by atoms with Crippen LogP contribution in [0.5, 0.6) is 0 Å². The van der Waals surface area contributed by atoms with Crippen LogP contribution in [0, 0.1) is 0 Å². The molecule has 83 heavy (non-hydrogen) atoms. The van der Waals surface area contributed by atoms with Crippen molar-refractivity contribution < 1.29 is 0 Å². The lowest BCUT2D eigenvalue weighted by Crippen LogP contribution is -2.07. The van der Waals surface area contributed by atoms with Crippen molar-refractivity contribution in [2.24, 2.45) is 0 Å². The Morgan fingerprint density at radius 3 is 1.46 bits per heavy atom. The van der Waals surface area contributed by atoms with Gasteiger partial charge < -0.3 is 9.13 Å². The lowest BCUT2D eigenvalue weighted by Gasteiger charge is -2.13. The Balaban J connectivity index is 0.793. The molecule has 11 aromatic carbocycles. The molecule has 0 spiro atoms. The number of rotatable bonds is 7. The maximum absolute atomic E-state index is 5.50. The number of nitrogens with zero attached hydrogens (tertiary/aromatic N) is 8. The van der Waals surface area contributed by atoms with E-state index >= 15 is 0 Å². The van der Waals surface area contributed by atoms with Gasteiger partial charge in [0.15, 0.2) is 17.5 Å². The number of hydrogen-bond donors (Lipinski definition) is 0. The molecule has 7 aromatic heterocycles. The highest BCUT2D eigenvalue weighted by atomic mass is 32.1. The molecule has 386 valence electrons. The SMILES string of the molecule is c1ccc(-c2nc(-c3cccc(-c4ccc5c(c4)c4ccccc4n5-c4nccc5c4sc4ccc(-n6c7ccccc7c7ccccc76)cc45)c3)nc(-n3c4ccccc4c4ccc5c6ccccc6n(-c6ccccc6)c5c43)n2)cc1. The predicted octanol–water partition coefficient (Wildman–Crippen LogP) is 19.0. The second kappa shape index (κ2) is 17.7. The first-order valence-electron chi connectivity index (χ1n) is 28.0. The van der Waals surface area contributed by atoms with Crippen molar-refractivity contribution in [3.63, 3.8) is 0 Å². The van der Waals surface area contributed by atoms with Gasteiger partial charge in [0.05, 0.1) is 48.8 Å². The monoisotopic (exact) mass is 1080 g/mol. The van der Waals surface area contributed by atoms with Crippen LogP contribution in [0.2, 0.25) is 0 Å². The highest BCUT2D eigenvalue weighted by Gasteiger charge is 2.25. The first kappa shape index (κ1) is 45.8. The molecule has 0 radical (unpaired) electrons. The lowest BCUT2D eigenvalue weighted by molar-refractivity contribution is 0.953. The molecule has 8 nitrogen and oxygen atoms in total. The minimum absolute atomic E-state index is 0.544. The third-order valence-electron chi connectivity index (χ3n) is 16.9. The van der Waals surface area contributed by atoms with Crippen LogP contribution >= 0.6 is 11.3 Å². The Hall–Kier alpha value is -11.0. The van der Waals surface area contributed by atoms with E-state index in [9.17, 15) is 0 Å². The molecular formula is C74H44N8S. The fraction of sp³-hybridized carbons (Fsp3) is 0. The molecule has 0 fully saturated rings. The summed E-state index contributed by atoms with van der Waals surface area (Å²) in [5.41, 5.74) is 15.0. The highest BCUT2D eigenvalue weighted by Crippen LogP contribution is 2.45. The van der Waals surface area contributed by atoms with E-state index in [1.54, 1.807) is 11.3 Å². The van der Waals surface area contributed by atoms with Crippen LogP contribution < -0.4 is 0 Å². The van der Waals surface area contributed by atoms with Crippen LogP contribution in [-0.4, -0.2) is 38.2 Å². The van der Waals surface area contributed by atoms with Crippen LogP contribution in [0.15, 0.2) is 267 Å². The lowest BCUT2D eigenvalue weighted by atomic mass is 10.0. The van der Waals surface area contributed by atoms with E-state index in [1.807, 2.05) is 24.4 Å². The zero-order valence-electron chi connectivity index (χ0n) is 44.4. The van der Waals surface area contributed by atoms with E-state index in [0.29, 0.717) is 17.6 Å². The number of hydrogen-bond acceptors (Lipinski definition) is 5. The van der Waals surface area contributed by atoms with Crippen molar-refractivity contribution in [3.05, 3.63) is 267 Å². The third kappa shape index (κ3) is 6.80. The summed E-state index contributed by atoms with van der Waals surface area (Å²) < 4.78 is 11.8. The molecule has 18 rings (SSSR count). The quantitative estimate of drug-likeness (QED) is 0.159. The summed E-state index contributed by atoms with van der Waals surface area (Å²) in [5.74, 6) is 2.65. The predicted molar refractivity (Wildman–Crippen MR) is 344 cm³/mol. The van der Waals surface area contributed by atoms with Gasteiger partial charge in [-0.3, -0.25) is 9.13 Å². The first-order chi connectivity index (χ1) is 41.2. The van der Waals surface area contributed by atoms with Crippen molar-refractivity contribution in [2.75, 3.05) is 0 Å². The molecule has 9 heteroatoms. The number of fused-ring (bicyclic) bond motifs is 16. The van der Waals surface area contributed by atoms with E-state index in [-0.39, 0.29) is 0 Å². The van der Waals surface area contributed by atoms with E-state index in [1.165, 1.54) is 42.7 Å². The van der Waals surface area contributed by atoms with Crippen molar-refractivity contribution >= 4 is 119 Å². The molecule has 0 aliphatic heterocycles. The normalized spacial score (nSPS) is 12.1. The molecule has 0 saturated carbocycles. The standard InChI is InChI=1S/C74H44N8S/c1-3-18-45(19-4-1)71-76-72(78-74(77-71)82-65-33-16-10-27-54(65)57-37-36-56-53-26-9-14-31-63(53)80(68(56)69(57)82)49-22-5-2-6-23-49)48-21-17-20-46(42-48)47-34-38-66-59(43-47)55-28-11-15-32-64(55)81(66)73-70-58(40-41-75-73)60-44-50(35-39-67(60)83-70)79-61-29-12-7-24-51(61)52-25-8-13-30-62(52)79/h1-44H. The van der Waals surface area contributed by atoms with Crippen LogP contribution in [0.1, 0.15) is 0 Å².